The van der Waals surface area contributed by atoms with E-state index >= 15 is 0 Å². The van der Waals surface area contributed by atoms with Gasteiger partial charge in [-0.3, -0.25) is 4.57 Å². The van der Waals surface area contributed by atoms with Crippen LogP contribution in [0.4, 0.5) is 5.82 Å². The van der Waals surface area contributed by atoms with Gasteiger partial charge in [-0.2, -0.15) is 4.98 Å². The molecule has 2 rings (SSSR count). The Kier molecular flexibility index (Phi) is 6.08. The standard InChI is InChI=1S/C15H23N3O6/c1-8(3-2-4-19)5-9-6-18(15(23)17-13(9)16)14-12(22)11(21)10(7-20)24-14/h5-6,10-12,14,19-22H,2-4,7H2,1H3,(H2,16,17,23)/t10-,11-,12-,14-/m1/s1. The maximum absolute atomic E-state index is 12.1. The molecule has 1 aromatic heterocycles. The van der Waals surface area contributed by atoms with Gasteiger partial charge in [0.15, 0.2) is 6.23 Å². The van der Waals surface area contributed by atoms with Crippen LogP contribution < -0.4 is 11.4 Å². The third-order valence-electron chi connectivity index (χ3n) is 3.93. The number of hydrogen-bond donors (Lipinski definition) is 5. The minimum atomic E-state index is -1.38. The number of allylic oxidation sites excluding steroid dienone is 1. The summed E-state index contributed by atoms with van der Waals surface area (Å²) in [5, 5.41) is 37.9. The second-order valence-corrected chi connectivity index (χ2v) is 5.82. The quantitative estimate of drug-likeness (QED) is 0.424. The summed E-state index contributed by atoms with van der Waals surface area (Å²) in [5.41, 5.74) is 6.44. The molecule has 0 amide bonds. The summed E-state index contributed by atoms with van der Waals surface area (Å²) in [7, 11) is 0. The highest BCUT2D eigenvalue weighted by atomic mass is 16.6. The third-order valence-corrected chi connectivity index (χ3v) is 3.93. The largest absolute Gasteiger partial charge is 0.396 e. The molecule has 1 fully saturated rings. The lowest BCUT2D eigenvalue weighted by atomic mass is 10.1. The molecule has 134 valence electrons. The Morgan fingerprint density at radius 3 is 2.71 bits per heavy atom. The van der Waals surface area contributed by atoms with Crippen molar-refractivity contribution in [2.45, 2.75) is 44.3 Å². The number of anilines is 1. The molecule has 2 heterocycles. The zero-order valence-electron chi connectivity index (χ0n) is 13.4. The first-order chi connectivity index (χ1) is 11.4. The van der Waals surface area contributed by atoms with Crippen molar-refractivity contribution < 1.29 is 25.2 Å². The molecule has 0 saturated carbocycles. The molecule has 0 unspecified atom stereocenters. The van der Waals surface area contributed by atoms with E-state index in [1.165, 1.54) is 6.20 Å². The molecule has 0 aliphatic carbocycles. The van der Waals surface area contributed by atoms with Crippen molar-refractivity contribution >= 4 is 11.9 Å². The summed E-state index contributed by atoms with van der Waals surface area (Å²) in [6.07, 6.45) is -0.454. The first-order valence-corrected chi connectivity index (χ1v) is 7.68. The van der Waals surface area contributed by atoms with E-state index in [-0.39, 0.29) is 12.4 Å². The van der Waals surface area contributed by atoms with Crippen LogP contribution in [0.25, 0.3) is 6.08 Å². The predicted octanol–water partition coefficient (Wildman–Crippen LogP) is -1.39. The third kappa shape index (κ3) is 3.82. The number of nitrogens with zero attached hydrogens (tertiary/aromatic N) is 2. The summed E-state index contributed by atoms with van der Waals surface area (Å²) in [5.74, 6) is 0.0336. The maximum Gasteiger partial charge on any atom is 0.351 e. The van der Waals surface area contributed by atoms with Crippen molar-refractivity contribution in [3.8, 4) is 0 Å². The Hall–Kier alpha value is -1.78. The van der Waals surface area contributed by atoms with E-state index in [9.17, 15) is 15.0 Å². The lowest BCUT2D eigenvalue weighted by molar-refractivity contribution is -0.0549. The minimum Gasteiger partial charge on any atom is -0.396 e. The molecule has 1 aromatic rings. The molecule has 0 bridgehead atoms. The van der Waals surface area contributed by atoms with E-state index in [0.717, 1.165) is 10.1 Å². The minimum absolute atomic E-state index is 0.0336. The van der Waals surface area contributed by atoms with Gasteiger partial charge in [0.1, 0.15) is 24.1 Å². The predicted molar refractivity (Wildman–Crippen MR) is 85.9 cm³/mol. The van der Waals surface area contributed by atoms with Gasteiger partial charge in [0.05, 0.1) is 6.61 Å². The van der Waals surface area contributed by atoms with E-state index in [2.05, 4.69) is 4.98 Å². The van der Waals surface area contributed by atoms with Crippen LogP contribution in [-0.4, -0.2) is 61.5 Å². The average Bonchev–Trinajstić information content (AvgIpc) is 2.83. The van der Waals surface area contributed by atoms with Gasteiger partial charge >= 0.3 is 5.69 Å². The fraction of sp³-hybridized carbons (Fsp3) is 0.600. The Balaban J connectivity index is 2.35. The van der Waals surface area contributed by atoms with E-state index < -0.39 is 36.8 Å². The molecular formula is C15H23N3O6. The summed E-state index contributed by atoms with van der Waals surface area (Å²) in [4.78, 5) is 15.8. The number of aromatic nitrogens is 2. The highest BCUT2D eigenvalue weighted by molar-refractivity contribution is 5.61. The summed E-state index contributed by atoms with van der Waals surface area (Å²) < 4.78 is 6.39. The molecule has 9 nitrogen and oxygen atoms in total. The zero-order valence-corrected chi connectivity index (χ0v) is 13.4. The number of rotatable bonds is 6. The van der Waals surface area contributed by atoms with Crippen molar-refractivity contribution in [1.29, 1.82) is 0 Å². The molecule has 0 spiro atoms. The van der Waals surface area contributed by atoms with Gasteiger partial charge in [0.2, 0.25) is 0 Å². The summed E-state index contributed by atoms with van der Waals surface area (Å²) >= 11 is 0. The average molecular weight is 341 g/mol. The second-order valence-electron chi connectivity index (χ2n) is 5.82. The van der Waals surface area contributed by atoms with Crippen LogP contribution in [0.1, 0.15) is 31.6 Å². The topological polar surface area (TPSA) is 151 Å². The van der Waals surface area contributed by atoms with E-state index in [1.807, 2.05) is 6.92 Å². The monoisotopic (exact) mass is 341 g/mol. The number of aliphatic hydroxyl groups is 4. The Bertz CT molecular complexity index is 659. The molecule has 4 atom stereocenters. The lowest BCUT2D eigenvalue weighted by Crippen LogP contribution is -2.36. The molecule has 9 heteroatoms. The van der Waals surface area contributed by atoms with Crippen molar-refractivity contribution in [2.75, 3.05) is 18.9 Å². The SMILES string of the molecule is CC(=Cc1cn([C@@H]2O[C@H](CO)[C@@H](O)[C@H]2O)c(=O)nc1N)CCCO. The number of ether oxygens (including phenoxy) is 1. The van der Waals surface area contributed by atoms with Crippen LogP contribution in [-0.2, 0) is 4.74 Å². The van der Waals surface area contributed by atoms with Gasteiger partial charge in [-0.15, -0.1) is 0 Å². The van der Waals surface area contributed by atoms with Gasteiger partial charge in [0.25, 0.3) is 0 Å². The highest BCUT2D eigenvalue weighted by Crippen LogP contribution is 2.28. The van der Waals surface area contributed by atoms with Crippen LogP contribution in [0.15, 0.2) is 16.6 Å². The molecule has 6 N–H and O–H groups in total. The normalized spacial score (nSPS) is 27.6. The molecular weight excluding hydrogens is 318 g/mol. The van der Waals surface area contributed by atoms with Gasteiger partial charge < -0.3 is 30.9 Å². The second kappa shape index (κ2) is 7.86. The van der Waals surface area contributed by atoms with Gasteiger partial charge in [0, 0.05) is 18.4 Å². The fourth-order valence-corrected chi connectivity index (χ4v) is 2.60. The molecule has 0 aromatic carbocycles. The number of hydrogen-bond acceptors (Lipinski definition) is 8. The first-order valence-electron chi connectivity index (χ1n) is 7.68. The van der Waals surface area contributed by atoms with E-state index in [1.54, 1.807) is 6.08 Å². The van der Waals surface area contributed by atoms with Gasteiger partial charge in [-0.05, 0) is 19.8 Å². The zero-order chi connectivity index (χ0) is 17.9. The number of nitrogens with two attached hydrogens (primary N) is 1. The Morgan fingerprint density at radius 1 is 1.42 bits per heavy atom. The highest BCUT2D eigenvalue weighted by Gasteiger charge is 2.43. The fourth-order valence-electron chi connectivity index (χ4n) is 2.60. The summed E-state index contributed by atoms with van der Waals surface area (Å²) in [6, 6.07) is 0. The number of aliphatic hydroxyl groups excluding tert-OH is 4. The van der Waals surface area contributed by atoms with Crippen molar-refractivity contribution in [3.63, 3.8) is 0 Å². The van der Waals surface area contributed by atoms with E-state index in [4.69, 9.17) is 20.7 Å². The van der Waals surface area contributed by atoms with Crippen molar-refractivity contribution in [2.24, 2.45) is 0 Å². The number of nitrogen functional groups attached to an aromatic ring is 1. The smallest absolute Gasteiger partial charge is 0.351 e. The Labute approximate surface area is 138 Å². The van der Waals surface area contributed by atoms with Crippen molar-refractivity contribution in [3.05, 3.63) is 27.8 Å². The molecule has 1 saturated heterocycles. The van der Waals surface area contributed by atoms with Gasteiger partial charge in [-0.1, -0.05) is 11.6 Å². The maximum atomic E-state index is 12.1. The van der Waals surface area contributed by atoms with Crippen molar-refractivity contribution in [1.82, 2.24) is 9.55 Å². The van der Waals surface area contributed by atoms with Crippen LogP contribution in [0.5, 0.6) is 0 Å². The van der Waals surface area contributed by atoms with Crippen LogP contribution in [0.3, 0.4) is 0 Å². The molecule has 0 radical (unpaired) electrons. The van der Waals surface area contributed by atoms with Gasteiger partial charge in [-0.25, -0.2) is 4.79 Å². The molecule has 24 heavy (non-hydrogen) atoms. The molecule has 1 aliphatic rings. The summed E-state index contributed by atoms with van der Waals surface area (Å²) in [6.45, 7) is 1.44. The van der Waals surface area contributed by atoms with E-state index in [0.29, 0.717) is 18.4 Å². The lowest BCUT2D eigenvalue weighted by Gasteiger charge is -2.18. The van der Waals surface area contributed by atoms with Crippen LogP contribution in [0.2, 0.25) is 0 Å². The Morgan fingerprint density at radius 2 is 2.12 bits per heavy atom. The van der Waals surface area contributed by atoms with Crippen LogP contribution >= 0.6 is 0 Å². The molecule has 1 aliphatic heterocycles. The van der Waals surface area contributed by atoms with Crippen LogP contribution in [0, 0.1) is 0 Å². The first kappa shape index (κ1) is 18.6.